The molecular formula is C14H25N3. The molecule has 96 valence electrons. The minimum absolute atomic E-state index is 0.297. The summed E-state index contributed by atoms with van der Waals surface area (Å²) in [5, 5.41) is 3.44. The molecule has 1 aromatic rings. The summed E-state index contributed by atoms with van der Waals surface area (Å²) in [5.41, 5.74) is 1.71. The van der Waals surface area contributed by atoms with Crippen LogP contribution in [0.4, 0.5) is 0 Å². The van der Waals surface area contributed by atoms with Gasteiger partial charge in [-0.2, -0.15) is 0 Å². The zero-order chi connectivity index (χ0) is 12.5. The van der Waals surface area contributed by atoms with Crippen LogP contribution in [0.15, 0.2) is 12.5 Å². The van der Waals surface area contributed by atoms with Crippen molar-refractivity contribution in [3.05, 3.63) is 18.2 Å². The highest BCUT2D eigenvalue weighted by Crippen LogP contribution is 2.34. The zero-order valence-electron chi connectivity index (χ0n) is 11.5. The van der Waals surface area contributed by atoms with E-state index in [0.717, 1.165) is 13.1 Å². The molecule has 1 aromatic heterocycles. The quantitative estimate of drug-likeness (QED) is 0.873. The summed E-state index contributed by atoms with van der Waals surface area (Å²) < 4.78 is 2.38. The van der Waals surface area contributed by atoms with E-state index in [1.807, 2.05) is 6.33 Å². The van der Waals surface area contributed by atoms with Crippen LogP contribution in [0.5, 0.6) is 0 Å². The van der Waals surface area contributed by atoms with Gasteiger partial charge in [-0.05, 0) is 38.8 Å². The molecule has 3 nitrogen and oxygen atoms in total. The van der Waals surface area contributed by atoms with Gasteiger partial charge in [0.2, 0.25) is 0 Å². The van der Waals surface area contributed by atoms with E-state index in [4.69, 9.17) is 0 Å². The van der Waals surface area contributed by atoms with Crippen molar-refractivity contribution in [3.8, 4) is 0 Å². The molecule has 0 saturated carbocycles. The monoisotopic (exact) mass is 235 g/mol. The first kappa shape index (κ1) is 12.6. The van der Waals surface area contributed by atoms with Crippen LogP contribution < -0.4 is 5.32 Å². The Kier molecular flexibility index (Phi) is 3.57. The molecule has 0 aromatic carbocycles. The molecule has 17 heavy (non-hydrogen) atoms. The molecule has 1 aliphatic rings. The lowest BCUT2D eigenvalue weighted by Crippen LogP contribution is -2.39. The summed E-state index contributed by atoms with van der Waals surface area (Å²) in [7, 11) is 0. The number of rotatable bonds is 3. The molecular weight excluding hydrogens is 210 g/mol. The van der Waals surface area contributed by atoms with Crippen LogP contribution >= 0.6 is 0 Å². The van der Waals surface area contributed by atoms with E-state index in [0.29, 0.717) is 17.4 Å². The molecule has 3 heteroatoms. The van der Waals surface area contributed by atoms with Crippen molar-refractivity contribution in [2.24, 2.45) is 5.92 Å². The first-order chi connectivity index (χ1) is 8.04. The fourth-order valence-electron chi connectivity index (χ4n) is 2.65. The van der Waals surface area contributed by atoms with Crippen LogP contribution in [0.25, 0.3) is 0 Å². The van der Waals surface area contributed by atoms with Gasteiger partial charge in [0.25, 0.3) is 0 Å². The number of piperidine rings is 1. The zero-order valence-corrected chi connectivity index (χ0v) is 11.5. The Labute approximate surface area is 105 Å². The third-order valence-electron chi connectivity index (χ3n) is 4.40. The lowest BCUT2D eigenvalue weighted by atomic mass is 9.78. The van der Waals surface area contributed by atoms with E-state index in [2.05, 4.69) is 48.8 Å². The lowest BCUT2D eigenvalue weighted by molar-refractivity contribution is 0.296. The molecule has 2 rings (SSSR count). The summed E-state index contributed by atoms with van der Waals surface area (Å²) in [6.45, 7) is 11.5. The predicted molar refractivity (Wildman–Crippen MR) is 71.2 cm³/mol. The van der Waals surface area contributed by atoms with Crippen LogP contribution in [-0.2, 0) is 5.41 Å². The Bertz CT molecular complexity index is 361. The van der Waals surface area contributed by atoms with Gasteiger partial charge in [0, 0.05) is 23.3 Å². The van der Waals surface area contributed by atoms with Gasteiger partial charge in [-0.3, -0.25) is 0 Å². The molecule has 0 aliphatic carbocycles. The molecule has 1 N–H and O–H groups in total. The Morgan fingerprint density at radius 3 is 2.53 bits per heavy atom. The molecule has 0 radical (unpaired) electrons. The van der Waals surface area contributed by atoms with E-state index in [-0.39, 0.29) is 0 Å². The smallest absolute Gasteiger partial charge is 0.0950 e. The van der Waals surface area contributed by atoms with Crippen molar-refractivity contribution < 1.29 is 0 Å². The topological polar surface area (TPSA) is 29.9 Å². The Morgan fingerprint density at radius 2 is 1.94 bits per heavy atom. The van der Waals surface area contributed by atoms with Crippen LogP contribution in [0.2, 0.25) is 0 Å². The SMILES string of the molecule is CC(C)C(C)n1cncc1C1(C)CCNCC1. The van der Waals surface area contributed by atoms with E-state index in [9.17, 15) is 0 Å². The molecule has 1 fully saturated rings. The van der Waals surface area contributed by atoms with Gasteiger partial charge in [-0.25, -0.2) is 4.98 Å². The number of nitrogens with one attached hydrogen (secondary N) is 1. The maximum absolute atomic E-state index is 4.39. The minimum Gasteiger partial charge on any atom is -0.331 e. The van der Waals surface area contributed by atoms with Gasteiger partial charge in [-0.1, -0.05) is 20.8 Å². The number of hydrogen-bond donors (Lipinski definition) is 1. The predicted octanol–water partition coefficient (Wildman–Crippen LogP) is 2.74. The van der Waals surface area contributed by atoms with E-state index >= 15 is 0 Å². The van der Waals surface area contributed by atoms with Crippen molar-refractivity contribution in [1.82, 2.24) is 14.9 Å². The maximum atomic E-state index is 4.39. The first-order valence-electron chi connectivity index (χ1n) is 6.77. The van der Waals surface area contributed by atoms with E-state index in [1.54, 1.807) is 0 Å². The van der Waals surface area contributed by atoms with E-state index in [1.165, 1.54) is 18.5 Å². The van der Waals surface area contributed by atoms with Crippen LogP contribution in [0.1, 0.15) is 52.3 Å². The summed E-state index contributed by atoms with van der Waals surface area (Å²) >= 11 is 0. The van der Waals surface area contributed by atoms with Crippen LogP contribution in [0, 0.1) is 5.92 Å². The van der Waals surface area contributed by atoms with E-state index < -0.39 is 0 Å². The highest BCUT2D eigenvalue weighted by Gasteiger charge is 2.32. The summed E-state index contributed by atoms with van der Waals surface area (Å²) in [4.78, 5) is 4.39. The fourth-order valence-corrected chi connectivity index (χ4v) is 2.65. The van der Waals surface area contributed by atoms with Crippen LogP contribution in [-0.4, -0.2) is 22.6 Å². The van der Waals surface area contributed by atoms with Gasteiger partial charge < -0.3 is 9.88 Å². The molecule has 0 spiro atoms. The second kappa shape index (κ2) is 4.81. The van der Waals surface area contributed by atoms with Crippen molar-refractivity contribution >= 4 is 0 Å². The Balaban J connectivity index is 2.29. The van der Waals surface area contributed by atoms with Gasteiger partial charge in [0.15, 0.2) is 0 Å². The molecule has 1 aliphatic heterocycles. The van der Waals surface area contributed by atoms with Crippen molar-refractivity contribution in [2.75, 3.05) is 13.1 Å². The van der Waals surface area contributed by atoms with Crippen LogP contribution in [0.3, 0.4) is 0 Å². The summed E-state index contributed by atoms with van der Waals surface area (Å²) in [5.74, 6) is 0.647. The molecule has 1 atom stereocenters. The standard InChI is InChI=1S/C14H25N3/c1-11(2)12(3)17-10-16-9-13(17)14(4)5-7-15-8-6-14/h9-12,15H,5-8H2,1-4H3. The van der Waals surface area contributed by atoms with Gasteiger partial charge in [-0.15, -0.1) is 0 Å². The van der Waals surface area contributed by atoms with Crippen molar-refractivity contribution in [2.45, 2.75) is 52.0 Å². The summed E-state index contributed by atoms with van der Waals surface area (Å²) in [6.07, 6.45) is 6.50. The Morgan fingerprint density at radius 1 is 1.29 bits per heavy atom. The third kappa shape index (κ3) is 2.39. The second-order valence-electron chi connectivity index (χ2n) is 5.98. The molecule has 0 amide bonds. The average molecular weight is 235 g/mol. The van der Waals surface area contributed by atoms with Gasteiger partial charge in [0.1, 0.15) is 0 Å². The maximum Gasteiger partial charge on any atom is 0.0950 e. The fraction of sp³-hybridized carbons (Fsp3) is 0.786. The largest absolute Gasteiger partial charge is 0.331 e. The second-order valence-corrected chi connectivity index (χ2v) is 5.98. The number of aromatic nitrogens is 2. The van der Waals surface area contributed by atoms with Gasteiger partial charge >= 0.3 is 0 Å². The number of nitrogens with zero attached hydrogens (tertiary/aromatic N) is 2. The third-order valence-corrected chi connectivity index (χ3v) is 4.40. The lowest BCUT2D eigenvalue weighted by Gasteiger charge is -2.36. The molecule has 2 heterocycles. The summed E-state index contributed by atoms with van der Waals surface area (Å²) in [6, 6.07) is 0.527. The number of imidazole rings is 1. The molecule has 1 unspecified atom stereocenters. The number of hydrogen-bond acceptors (Lipinski definition) is 2. The van der Waals surface area contributed by atoms with Gasteiger partial charge in [0.05, 0.1) is 6.33 Å². The highest BCUT2D eigenvalue weighted by atomic mass is 15.1. The minimum atomic E-state index is 0.297. The Hall–Kier alpha value is -0.830. The average Bonchev–Trinajstić information content (AvgIpc) is 2.78. The normalized spacial score (nSPS) is 21.7. The highest BCUT2D eigenvalue weighted by molar-refractivity contribution is 5.16. The molecule has 1 saturated heterocycles. The van der Waals surface area contributed by atoms with Crippen molar-refractivity contribution in [3.63, 3.8) is 0 Å². The first-order valence-corrected chi connectivity index (χ1v) is 6.77. The van der Waals surface area contributed by atoms with Crippen molar-refractivity contribution in [1.29, 1.82) is 0 Å². The molecule has 0 bridgehead atoms.